The van der Waals surface area contributed by atoms with Crippen molar-refractivity contribution in [2.45, 2.75) is 13.2 Å². The van der Waals surface area contributed by atoms with E-state index >= 15 is 0 Å². The number of carbonyl (C=O) groups excluding carboxylic acids is 1. The number of para-hydroxylation sites is 1. The Labute approximate surface area is 143 Å². The van der Waals surface area contributed by atoms with Crippen LogP contribution in [0.4, 0.5) is 5.69 Å². The summed E-state index contributed by atoms with van der Waals surface area (Å²) in [6.07, 6.45) is -0.990. The molecule has 0 N–H and O–H groups in total. The molecule has 2 aromatic rings. The van der Waals surface area contributed by atoms with Crippen molar-refractivity contribution in [1.82, 2.24) is 5.01 Å². The Morgan fingerprint density at radius 3 is 2.52 bits per heavy atom. The lowest BCUT2D eigenvalue weighted by atomic mass is 10.1. The molecule has 1 amide bonds. The van der Waals surface area contributed by atoms with Gasteiger partial charge in [-0.3, -0.25) is 14.9 Å². The van der Waals surface area contributed by atoms with Gasteiger partial charge in [-0.05, 0) is 30.3 Å². The van der Waals surface area contributed by atoms with Crippen LogP contribution in [0.5, 0.6) is 5.75 Å². The molecule has 0 bridgehead atoms. The van der Waals surface area contributed by atoms with Crippen molar-refractivity contribution < 1.29 is 19.2 Å². The van der Waals surface area contributed by atoms with Gasteiger partial charge in [-0.2, -0.15) is 5.01 Å². The highest BCUT2D eigenvalue weighted by atomic mass is 16.6. The second-order valence-corrected chi connectivity index (χ2v) is 5.28. The first-order valence-corrected chi connectivity index (χ1v) is 7.44. The first kappa shape index (κ1) is 16.4. The van der Waals surface area contributed by atoms with Gasteiger partial charge < -0.3 is 9.47 Å². The van der Waals surface area contributed by atoms with E-state index in [1.165, 1.54) is 13.0 Å². The molecule has 2 aromatic carbocycles. The van der Waals surface area contributed by atoms with E-state index in [1.807, 2.05) is 0 Å². The minimum absolute atomic E-state index is 0.134. The van der Waals surface area contributed by atoms with Crippen LogP contribution in [0, 0.1) is 10.1 Å². The van der Waals surface area contributed by atoms with E-state index in [9.17, 15) is 14.9 Å². The fourth-order valence-electron chi connectivity index (χ4n) is 2.48. The lowest BCUT2D eigenvalue weighted by molar-refractivity contribution is -0.386. The van der Waals surface area contributed by atoms with Gasteiger partial charge in [0.25, 0.3) is 5.69 Å². The molecule has 3 rings (SSSR count). The number of hydrogen-bond donors (Lipinski definition) is 0. The van der Waals surface area contributed by atoms with E-state index < -0.39 is 11.2 Å². The lowest BCUT2D eigenvalue weighted by Gasteiger charge is -2.19. The Morgan fingerprint density at radius 1 is 1.24 bits per heavy atom. The van der Waals surface area contributed by atoms with Gasteiger partial charge in [-0.15, -0.1) is 5.10 Å². The molecule has 1 unspecified atom stereocenters. The molecule has 0 aromatic heterocycles. The molecular weight excluding hydrogens is 326 g/mol. The van der Waals surface area contributed by atoms with Crippen LogP contribution in [0.25, 0.3) is 0 Å². The Hall–Kier alpha value is -3.42. The Kier molecular flexibility index (Phi) is 4.34. The molecule has 0 radical (unpaired) electrons. The molecule has 0 aliphatic carbocycles. The van der Waals surface area contributed by atoms with E-state index in [-0.39, 0.29) is 23.1 Å². The van der Waals surface area contributed by atoms with Gasteiger partial charge in [-0.1, -0.05) is 12.1 Å². The summed E-state index contributed by atoms with van der Waals surface area (Å²) in [4.78, 5) is 22.7. The summed E-state index contributed by atoms with van der Waals surface area (Å²) >= 11 is 0. The topological polar surface area (TPSA) is 94.3 Å². The molecule has 1 aliphatic heterocycles. The van der Waals surface area contributed by atoms with Gasteiger partial charge in [-0.25, -0.2) is 0 Å². The summed E-state index contributed by atoms with van der Waals surface area (Å²) in [6, 6.07) is 13.0. The highest BCUT2D eigenvalue weighted by molar-refractivity contribution is 5.96. The van der Waals surface area contributed by atoms with Crippen LogP contribution in [-0.4, -0.2) is 28.8 Å². The highest BCUT2D eigenvalue weighted by Gasteiger charge is 2.37. The molecule has 1 aliphatic rings. The first-order valence-electron chi connectivity index (χ1n) is 7.44. The van der Waals surface area contributed by atoms with Gasteiger partial charge in [0.05, 0.1) is 17.6 Å². The van der Waals surface area contributed by atoms with E-state index in [0.29, 0.717) is 11.3 Å². The van der Waals surface area contributed by atoms with E-state index in [4.69, 9.17) is 9.47 Å². The maximum Gasteiger partial charge on any atom is 0.278 e. The average Bonchev–Trinajstić information content (AvgIpc) is 3.07. The Morgan fingerprint density at radius 2 is 1.92 bits per heavy atom. The summed E-state index contributed by atoms with van der Waals surface area (Å²) in [5, 5.41) is 16.6. The molecule has 0 spiro atoms. The predicted octanol–water partition coefficient (Wildman–Crippen LogP) is 2.84. The lowest BCUT2D eigenvalue weighted by Crippen LogP contribution is -2.25. The summed E-state index contributed by atoms with van der Waals surface area (Å²) in [7, 11) is 1.56. The third-order valence-electron chi connectivity index (χ3n) is 3.70. The standard InChI is InChI=1S/C17H15N3O5/c1-11(21)19-17(14-5-3-4-6-15(14)20(22)23)25-16(18-19)12-7-9-13(24-2)10-8-12/h3-10,17H,1-2H3. The summed E-state index contributed by atoms with van der Waals surface area (Å²) in [6.45, 7) is 1.32. The van der Waals surface area contributed by atoms with Crippen LogP contribution < -0.4 is 4.74 Å². The third-order valence-corrected chi connectivity index (χ3v) is 3.70. The largest absolute Gasteiger partial charge is 0.497 e. The summed E-state index contributed by atoms with van der Waals surface area (Å²) in [5.74, 6) is 0.494. The first-order chi connectivity index (χ1) is 12.0. The van der Waals surface area contributed by atoms with E-state index in [2.05, 4.69) is 5.10 Å². The monoisotopic (exact) mass is 341 g/mol. The zero-order chi connectivity index (χ0) is 18.0. The van der Waals surface area contributed by atoms with E-state index in [1.54, 1.807) is 49.6 Å². The normalized spacial score (nSPS) is 16.2. The number of hydrogen-bond acceptors (Lipinski definition) is 6. The second-order valence-electron chi connectivity index (χ2n) is 5.28. The number of carbonyl (C=O) groups is 1. The number of nitrogens with zero attached hydrogens (tertiary/aromatic N) is 3. The highest BCUT2D eigenvalue weighted by Crippen LogP contribution is 2.35. The maximum absolute atomic E-state index is 11.9. The SMILES string of the molecule is COc1ccc(C2=NN(C(C)=O)C(c3ccccc3[N+](=O)[O-])O2)cc1. The Balaban J connectivity index is 1.97. The van der Waals surface area contributed by atoms with Crippen molar-refractivity contribution in [2.24, 2.45) is 5.10 Å². The van der Waals surface area contributed by atoms with Crippen LogP contribution >= 0.6 is 0 Å². The van der Waals surface area contributed by atoms with Gasteiger partial charge in [0.15, 0.2) is 0 Å². The quantitative estimate of drug-likeness (QED) is 0.629. The fraction of sp³-hybridized carbons (Fsp3) is 0.176. The minimum atomic E-state index is -0.990. The molecule has 128 valence electrons. The van der Waals surface area contributed by atoms with Gasteiger partial charge in [0.1, 0.15) is 5.75 Å². The van der Waals surface area contributed by atoms with Gasteiger partial charge in [0, 0.05) is 18.6 Å². The van der Waals surface area contributed by atoms with Crippen molar-refractivity contribution in [3.05, 3.63) is 69.8 Å². The van der Waals surface area contributed by atoms with Crippen LogP contribution in [0.15, 0.2) is 53.6 Å². The van der Waals surface area contributed by atoms with Crippen LogP contribution in [0.2, 0.25) is 0 Å². The predicted molar refractivity (Wildman–Crippen MR) is 89.0 cm³/mol. The molecule has 1 atom stereocenters. The number of ether oxygens (including phenoxy) is 2. The number of amides is 1. The average molecular weight is 341 g/mol. The Bertz CT molecular complexity index is 848. The van der Waals surface area contributed by atoms with Gasteiger partial charge in [0.2, 0.25) is 18.0 Å². The van der Waals surface area contributed by atoms with Crippen molar-refractivity contribution in [3.8, 4) is 5.75 Å². The number of methoxy groups -OCH3 is 1. The number of nitro benzene ring substituents is 1. The molecule has 1 heterocycles. The van der Waals surface area contributed by atoms with Crippen LogP contribution in [0.3, 0.4) is 0 Å². The van der Waals surface area contributed by atoms with Crippen molar-refractivity contribution in [1.29, 1.82) is 0 Å². The van der Waals surface area contributed by atoms with Crippen LogP contribution in [0.1, 0.15) is 24.3 Å². The van der Waals surface area contributed by atoms with E-state index in [0.717, 1.165) is 5.01 Å². The van der Waals surface area contributed by atoms with Crippen molar-refractivity contribution in [3.63, 3.8) is 0 Å². The number of nitro groups is 1. The van der Waals surface area contributed by atoms with Crippen molar-refractivity contribution in [2.75, 3.05) is 7.11 Å². The van der Waals surface area contributed by atoms with Gasteiger partial charge >= 0.3 is 0 Å². The summed E-state index contributed by atoms with van der Waals surface area (Å²) < 4.78 is 10.9. The molecule has 0 saturated heterocycles. The smallest absolute Gasteiger partial charge is 0.278 e. The maximum atomic E-state index is 11.9. The molecule has 0 saturated carbocycles. The molecule has 8 heteroatoms. The molecular formula is C17H15N3O5. The zero-order valence-electron chi connectivity index (χ0n) is 13.6. The number of benzene rings is 2. The second kappa shape index (κ2) is 6.60. The third kappa shape index (κ3) is 3.14. The van der Waals surface area contributed by atoms with Crippen molar-refractivity contribution >= 4 is 17.5 Å². The molecule has 8 nitrogen and oxygen atoms in total. The molecule has 25 heavy (non-hydrogen) atoms. The minimum Gasteiger partial charge on any atom is -0.497 e. The molecule has 0 fully saturated rings. The summed E-state index contributed by atoms with van der Waals surface area (Å²) in [5.41, 5.74) is 0.757. The zero-order valence-corrected chi connectivity index (χ0v) is 13.6. The number of hydrazone groups is 1. The fourth-order valence-corrected chi connectivity index (χ4v) is 2.48. The number of rotatable bonds is 4. The van der Waals surface area contributed by atoms with Crippen LogP contribution in [-0.2, 0) is 9.53 Å².